The second kappa shape index (κ2) is 8.67. The summed E-state index contributed by atoms with van der Waals surface area (Å²) < 4.78 is 16.3. The molecule has 0 spiro atoms. The molecule has 8 heteroatoms. The van der Waals surface area contributed by atoms with Crippen molar-refractivity contribution in [3.63, 3.8) is 0 Å². The summed E-state index contributed by atoms with van der Waals surface area (Å²) in [4.78, 5) is 29.9. The molecule has 1 unspecified atom stereocenters. The SMILES string of the molecule is O=C(NCC1(N2CCOCC2)CCCCC1)C1CC(=O)N(c2ccc3c(c2)OCO3)C1. The van der Waals surface area contributed by atoms with Gasteiger partial charge in [-0.15, -0.1) is 0 Å². The average Bonchev–Trinajstić information content (AvgIpc) is 3.44. The molecule has 168 valence electrons. The Balaban J connectivity index is 1.22. The van der Waals surface area contributed by atoms with E-state index in [2.05, 4.69) is 10.2 Å². The van der Waals surface area contributed by atoms with E-state index in [4.69, 9.17) is 14.2 Å². The van der Waals surface area contributed by atoms with Gasteiger partial charge in [-0.2, -0.15) is 0 Å². The standard InChI is InChI=1S/C23H31N3O5/c27-21-12-17(14-26(21)18-4-5-19-20(13-18)31-16-30-19)22(28)24-15-23(6-2-1-3-7-23)25-8-10-29-11-9-25/h4-5,13,17H,1-3,6-12,14-16H2,(H,24,28). The lowest BCUT2D eigenvalue weighted by atomic mass is 9.79. The number of rotatable bonds is 5. The lowest BCUT2D eigenvalue weighted by molar-refractivity contribution is -0.127. The van der Waals surface area contributed by atoms with E-state index in [9.17, 15) is 9.59 Å². The van der Waals surface area contributed by atoms with E-state index in [0.29, 0.717) is 24.6 Å². The van der Waals surface area contributed by atoms with Crippen LogP contribution in [0.2, 0.25) is 0 Å². The van der Waals surface area contributed by atoms with E-state index in [0.717, 1.165) is 44.8 Å². The third-order valence-corrected chi connectivity index (χ3v) is 7.22. The summed E-state index contributed by atoms with van der Waals surface area (Å²) in [6.45, 7) is 4.62. The number of ether oxygens (including phenoxy) is 3. The topological polar surface area (TPSA) is 80.3 Å². The van der Waals surface area contributed by atoms with E-state index < -0.39 is 0 Å². The third-order valence-electron chi connectivity index (χ3n) is 7.22. The van der Waals surface area contributed by atoms with Gasteiger partial charge in [-0.1, -0.05) is 19.3 Å². The number of nitrogens with zero attached hydrogens (tertiary/aromatic N) is 2. The van der Waals surface area contributed by atoms with Crippen LogP contribution >= 0.6 is 0 Å². The Labute approximate surface area is 182 Å². The van der Waals surface area contributed by atoms with E-state index in [-0.39, 0.29) is 36.5 Å². The van der Waals surface area contributed by atoms with Gasteiger partial charge in [0.2, 0.25) is 18.6 Å². The summed E-state index contributed by atoms with van der Waals surface area (Å²) in [5, 5.41) is 3.22. The fourth-order valence-electron chi connectivity index (χ4n) is 5.43. The summed E-state index contributed by atoms with van der Waals surface area (Å²) in [6, 6.07) is 5.48. The number of hydrogen-bond acceptors (Lipinski definition) is 6. The van der Waals surface area contributed by atoms with Crippen molar-refractivity contribution in [3.05, 3.63) is 18.2 Å². The lowest BCUT2D eigenvalue weighted by Crippen LogP contribution is -2.60. The lowest BCUT2D eigenvalue weighted by Gasteiger charge is -2.48. The Morgan fingerprint density at radius 2 is 1.87 bits per heavy atom. The Morgan fingerprint density at radius 3 is 2.68 bits per heavy atom. The number of amides is 2. The first kappa shape index (κ1) is 20.6. The van der Waals surface area contributed by atoms with Crippen LogP contribution in [0.15, 0.2) is 18.2 Å². The number of carbonyl (C=O) groups is 2. The smallest absolute Gasteiger partial charge is 0.231 e. The molecule has 1 aliphatic carbocycles. The predicted octanol–water partition coefficient (Wildman–Crippen LogP) is 1.92. The van der Waals surface area contributed by atoms with Gasteiger partial charge >= 0.3 is 0 Å². The first-order valence-corrected chi connectivity index (χ1v) is 11.5. The molecule has 1 aromatic rings. The van der Waals surface area contributed by atoms with Gasteiger partial charge < -0.3 is 24.4 Å². The number of nitrogens with one attached hydrogen (secondary N) is 1. The van der Waals surface area contributed by atoms with Crippen molar-refractivity contribution in [1.29, 1.82) is 0 Å². The molecule has 5 rings (SSSR count). The maximum atomic E-state index is 13.0. The van der Waals surface area contributed by atoms with Crippen molar-refractivity contribution in [3.8, 4) is 11.5 Å². The van der Waals surface area contributed by atoms with Gasteiger partial charge in [-0.3, -0.25) is 14.5 Å². The van der Waals surface area contributed by atoms with Crippen LogP contribution in [0.1, 0.15) is 38.5 Å². The van der Waals surface area contributed by atoms with Gasteiger partial charge in [0.25, 0.3) is 0 Å². The fraction of sp³-hybridized carbons (Fsp3) is 0.652. The molecule has 2 amide bonds. The third kappa shape index (κ3) is 4.11. The van der Waals surface area contributed by atoms with Crippen molar-refractivity contribution in [2.24, 2.45) is 5.92 Å². The van der Waals surface area contributed by atoms with Crippen molar-refractivity contribution in [1.82, 2.24) is 10.2 Å². The van der Waals surface area contributed by atoms with Crippen molar-refractivity contribution < 1.29 is 23.8 Å². The number of fused-ring (bicyclic) bond motifs is 1. The number of carbonyl (C=O) groups excluding carboxylic acids is 2. The molecular weight excluding hydrogens is 398 g/mol. The monoisotopic (exact) mass is 429 g/mol. The molecule has 0 radical (unpaired) electrons. The van der Waals surface area contributed by atoms with Gasteiger partial charge in [-0.25, -0.2) is 0 Å². The van der Waals surface area contributed by atoms with Crippen LogP contribution in [0, 0.1) is 5.92 Å². The summed E-state index contributed by atoms with van der Waals surface area (Å²) in [6.07, 6.45) is 6.13. The Kier molecular flexibility index (Phi) is 5.75. The average molecular weight is 430 g/mol. The largest absolute Gasteiger partial charge is 0.454 e. The Hall–Kier alpha value is -2.32. The second-order valence-electron chi connectivity index (χ2n) is 9.05. The first-order chi connectivity index (χ1) is 15.1. The van der Waals surface area contributed by atoms with E-state index in [1.807, 2.05) is 18.2 Å². The molecule has 1 N–H and O–H groups in total. The highest BCUT2D eigenvalue weighted by Crippen LogP contribution is 2.37. The Bertz CT molecular complexity index is 833. The van der Waals surface area contributed by atoms with Crippen LogP contribution in [0.4, 0.5) is 5.69 Å². The van der Waals surface area contributed by atoms with Crippen LogP contribution in [-0.2, 0) is 14.3 Å². The molecule has 8 nitrogen and oxygen atoms in total. The van der Waals surface area contributed by atoms with Crippen LogP contribution in [0.5, 0.6) is 11.5 Å². The van der Waals surface area contributed by atoms with Gasteiger partial charge in [0.05, 0.1) is 19.1 Å². The van der Waals surface area contributed by atoms with Crippen molar-refractivity contribution >= 4 is 17.5 Å². The minimum atomic E-state index is -0.330. The molecule has 0 aromatic heterocycles. The number of benzene rings is 1. The zero-order valence-corrected chi connectivity index (χ0v) is 17.9. The quantitative estimate of drug-likeness (QED) is 0.770. The molecular formula is C23H31N3O5. The van der Waals surface area contributed by atoms with E-state index in [1.165, 1.54) is 19.3 Å². The number of anilines is 1. The zero-order valence-electron chi connectivity index (χ0n) is 17.9. The van der Waals surface area contributed by atoms with Gasteiger partial charge in [0.15, 0.2) is 11.5 Å². The Morgan fingerprint density at radius 1 is 1.10 bits per heavy atom. The minimum absolute atomic E-state index is 0.0187. The van der Waals surface area contributed by atoms with Crippen molar-refractivity contribution in [2.45, 2.75) is 44.1 Å². The van der Waals surface area contributed by atoms with Gasteiger partial charge in [0.1, 0.15) is 0 Å². The number of hydrogen-bond donors (Lipinski definition) is 1. The summed E-state index contributed by atoms with van der Waals surface area (Å²) in [5.74, 6) is 0.950. The van der Waals surface area contributed by atoms with E-state index >= 15 is 0 Å². The second-order valence-corrected chi connectivity index (χ2v) is 9.05. The highest BCUT2D eigenvalue weighted by molar-refractivity contribution is 6.00. The van der Waals surface area contributed by atoms with Crippen LogP contribution in [-0.4, -0.2) is 68.4 Å². The zero-order chi connectivity index (χ0) is 21.3. The maximum Gasteiger partial charge on any atom is 0.231 e. The van der Waals surface area contributed by atoms with Gasteiger partial charge in [-0.05, 0) is 25.0 Å². The molecule has 1 atom stereocenters. The summed E-state index contributed by atoms with van der Waals surface area (Å²) in [7, 11) is 0. The van der Waals surface area contributed by atoms with Crippen molar-refractivity contribution in [2.75, 3.05) is 51.1 Å². The normalized spacial score (nSPS) is 25.6. The molecule has 31 heavy (non-hydrogen) atoms. The fourth-order valence-corrected chi connectivity index (χ4v) is 5.43. The van der Waals surface area contributed by atoms with Crippen LogP contribution < -0.4 is 19.7 Å². The molecule has 0 bridgehead atoms. The summed E-state index contributed by atoms with van der Waals surface area (Å²) in [5.41, 5.74) is 0.777. The van der Waals surface area contributed by atoms with Crippen LogP contribution in [0.3, 0.4) is 0 Å². The molecule has 4 aliphatic rings. The molecule has 2 saturated heterocycles. The minimum Gasteiger partial charge on any atom is -0.454 e. The van der Waals surface area contributed by atoms with Gasteiger partial charge in [0, 0.05) is 49.9 Å². The first-order valence-electron chi connectivity index (χ1n) is 11.5. The molecule has 3 fully saturated rings. The van der Waals surface area contributed by atoms with E-state index in [1.54, 1.807) is 4.90 Å². The molecule has 1 saturated carbocycles. The molecule has 1 aromatic carbocycles. The highest BCUT2D eigenvalue weighted by Gasteiger charge is 2.41. The maximum absolute atomic E-state index is 13.0. The number of morpholine rings is 1. The highest BCUT2D eigenvalue weighted by atomic mass is 16.7. The van der Waals surface area contributed by atoms with Crippen LogP contribution in [0.25, 0.3) is 0 Å². The molecule has 3 heterocycles. The summed E-state index contributed by atoms with van der Waals surface area (Å²) >= 11 is 0. The molecule has 3 aliphatic heterocycles. The predicted molar refractivity (Wildman–Crippen MR) is 114 cm³/mol.